The van der Waals surface area contributed by atoms with Crippen LogP contribution in [0.25, 0.3) is 0 Å². The van der Waals surface area contributed by atoms with Gasteiger partial charge in [-0.1, -0.05) is 45.8 Å². The van der Waals surface area contributed by atoms with Crippen molar-refractivity contribution in [3.63, 3.8) is 0 Å². The van der Waals surface area contributed by atoms with Crippen LogP contribution in [0.4, 0.5) is 0 Å². The first-order chi connectivity index (χ1) is 11.7. The van der Waals surface area contributed by atoms with E-state index in [1.807, 2.05) is 6.08 Å². The molecule has 0 radical (unpaired) electrons. The Hall–Kier alpha value is -1.64. The highest BCUT2D eigenvalue weighted by Gasteiger charge is 2.51. The van der Waals surface area contributed by atoms with Crippen molar-refractivity contribution in [2.24, 2.45) is 22.7 Å². The first-order valence-corrected chi connectivity index (χ1v) is 9.47. The van der Waals surface area contributed by atoms with Crippen molar-refractivity contribution in [2.75, 3.05) is 7.11 Å². The summed E-state index contributed by atoms with van der Waals surface area (Å²) >= 11 is 0. The van der Waals surface area contributed by atoms with E-state index in [0.29, 0.717) is 22.8 Å². The Labute approximate surface area is 151 Å². The van der Waals surface area contributed by atoms with Gasteiger partial charge in [0.2, 0.25) is 5.78 Å². The van der Waals surface area contributed by atoms with E-state index < -0.39 is 0 Å². The fourth-order valence-corrected chi connectivity index (χ4v) is 5.64. The highest BCUT2D eigenvalue weighted by molar-refractivity contribution is 6.20. The summed E-state index contributed by atoms with van der Waals surface area (Å²) in [5.74, 6) is 0.869. The molecule has 3 atom stereocenters. The maximum Gasteiger partial charge on any atom is 0.227 e. The summed E-state index contributed by atoms with van der Waals surface area (Å²) in [6.07, 6.45) is 10.8. The highest BCUT2D eigenvalue weighted by Crippen LogP contribution is 2.61. The molecular weight excluding hydrogens is 312 g/mol. The normalized spacial score (nSPS) is 36.6. The van der Waals surface area contributed by atoms with Gasteiger partial charge in [0.05, 0.1) is 7.11 Å². The molecule has 0 spiro atoms. The molecule has 3 aliphatic carbocycles. The van der Waals surface area contributed by atoms with E-state index in [1.165, 1.54) is 50.5 Å². The van der Waals surface area contributed by atoms with Crippen molar-refractivity contribution in [3.8, 4) is 0 Å². The third-order valence-electron chi connectivity index (χ3n) is 6.90. The van der Waals surface area contributed by atoms with Gasteiger partial charge in [-0.25, -0.2) is 0 Å². The van der Waals surface area contributed by atoms with E-state index in [1.54, 1.807) is 0 Å². The minimum Gasteiger partial charge on any atom is -0.492 e. The van der Waals surface area contributed by atoms with Gasteiger partial charge in [0.15, 0.2) is 11.5 Å². The van der Waals surface area contributed by atoms with Crippen LogP contribution in [0.3, 0.4) is 0 Å². The van der Waals surface area contributed by atoms with Crippen LogP contribution in [0, 0.1) is 22.7 Å². The van der Waals surface area contributed by atoms with Crippen LogP contribution < -0.4 is 0 Å². The maximum atomic E-state index is 12.6. The number of fused-ring (bicyclic) bond motifs is 1. The lowest BCUT2D eigenvalue weighted by atomic mass is 9.48. The Kier molecular flexibility index (Phi) is 4.55. The van der Waals surface area contributed by atoms with Crippen LogP contribution >= 0.6 is 0 Å². The predicted octanol–water partition coefficient (Wildman–Crippen LogP) is 4.78. The Bertz CT molecular complexity index is 692. The van der Waals surface area contributed by atoms with Crippen LogP contribution in [-0.4, -0.2) is 18.7 Å². The molecular formula is C22H30O3. The van der Waals surface area contributed by atoms with Gasteiger partial charge in [-0.3, -0.25) is 9.59 Å². The monoisotopic (exact) mass is 342 g/mol. The van der Waals surface area contributed by atoms with E-state index in [2.05, 4.69) is 27.7 Å². The first-order valence-electron chi connectivity index (χ1n) is 9.47. The number of rotatable bonds is 2. The summed E-state index contributed by atoms with van der Waals surface area (Å²) in [5, 5.41) is 0. The number of Topliss-reactive ketones (excluding diaryl/α,β-unsaturated/α-hetero) is 1. The molecule has 3 rings (SSSR count). The van der Waals surface area contributed by atoms with Crippen molar-refractivity contribution in [1.29, 1.82) is 0 Å². The summed E-state index contributed by atoms with van der Waals surface area (Å²) in [7, 11) is 1.44. The van der Waals surface area contributed by atoms with Gasteiger partial charge in [-0.15, -0.1) is 0 Å². The van der Waals surface area contributed by atoms with Gasteiger partial charge in [-0.2, -0.15) is 0 Å². The zero-order chi connectivity index (χ0) is 18.4. The number of carbonyl (C=O) groups is 2. The number of hydrogen-bond acceptors (Lipinski definition) is 3. The van der Waals surface area contributed by atoms with E-state index in [-0.39, 0.29) is 22.7 Å². The Balaban J connectivity index is 2.03. The number of ketones is 2. The van der Waals surface area contributed by atoms with Crippen molar-refractivity contribution in [2.45, 2.75) is 59.8 Å². The van der Waals surface area contributed by atoms with Gasteiger partial charge >= 0.3 is 0 Å². The van der Waals surface area contributed by atoms with E-state index in [0.717, 1.165) is 6.42 Å². The van der Waals surface area contributed by atoms with Gasteiger partial charge in [-0.05, 0) is 54.4 Å². The van der Waals surface area contributed by atoms with Gasteiger partial charge in [0, 0.05) is 11.6 Å². The van der Waals surface area contributed by atoms with Crippen LogP contribution in [0.2, 0.25) is 0 Å². The smallest absolute Gasteiger partial charge is 0.227 e. The number of methoxy groups -OCH3 is 1. The summed E-state index contributed by atoms with van der Waals surface area (Å²) < 4.78 is 5.11. The SMILES string of the molecule is COC1=CC(=O)C=C(C=C2[C@@H](C)CC[C@H]3C(C)(C)CCC[C@]23C)C1=O. The number of hydrogen-bond donors (Lipinski definition) is 0. The molecule has 0 aromatic rings. The number of carbonyl (C=O) groups excluding carboxylic acids is 2. The molecule has 0 aliphatic heterocycles. The standard InChI is InChI=1S/C22H30O3/c1-14-7-8-19-21(2,3)9-6-10-22(19,4)17(14)12-15-11-16(23)13-18(25-5)20(15)24/h11-14,19H,6-10H2,1-5H3/t14-,19-,22+/m0/s1. The quantitative estimate of drug-likeness (QED) is 0.678. The molecule has 3 aliphatic rings. The van der Waals surface area contributed by atoms with Crippen molar-refractivity contribution in [1.82, 2.24) is 0 Å². The fourth-order valence-electron chi connectivity index (χ4n) is 5.64. The summed E-state index contributed by atoms with van der Waals surface area (Å²) in [4.78, 5) is 24.6. The van der Waals surface area contributed by atoms with Gasteiger partial charge in [0.25, 0.3) is 0 Å². The highest BCUT2D eigenvalue weighted by atomic mass is 16.5. The molecule has 136 valence electrons. The molecule has 2 saturated carbocycles. The zero-order valence-corrected chi connectivity index (χ0v) is 16.1. The lowest BCUT2D eigenvalue weighted by molar-refractivity contribution is -0.117. The molecule has 0 heterocycles. The topological polar surface area (TPSA) is 43.4 Å². The number of ether oxygens (including phenoxy) is 1. The molecule has 0 unspecified atom stereocenters. The minimum atomic E-state index is -0.178. The average molecular weight is 342 g/mol. The van der Waals surface area contributed by atoms with Crippen LogP contribution in [0.5, 0.6) is 0 Å². The molecule has 0 amide bonds. The second kappa shape index (κ2) is 6.26. The minimum absolute atomic E-state index is 0.109. The van der Waals surface area contributed by atoms with Crippen LogP contribution in [0.1, 0.15) is 59.8 Å². The third-order valence-corrected chi connectivity index (χ3v) is 6.90. The molecule has 3 heteroatoms. The predicted molar refractivity (Wildman–Crippen MR) is 98.9 cm³/mol. The van der Waals surface area contributed by atoms with Crippen molar-refractivity contribution < 1.29 is 14.3 Å². The maximum absolute atomic E-state index is 12.6. The molecule has 2 fully saturated rings. The lowest BCUT2D eigenvalue weighted by Gasteiger charge is -2.56. The third kappa shape index (κ3) is 3.02. The summed E-state index contributed by atoms with van der Waals surface area (Å²) in [6, 6.07) is 0. The van der Waals surface area contributed by atoms with E-state index >= 15 is 0 Å². The first kappa shape index (κ1) is 18.2. The molecule has 0 N–H and O–H groups in total. The van der Waals surface area contributed by atoms with E-state index in [4.69, 9.17) is 4.74 Å². The molecule has 0 aromatic carbocycles. The van der Waals surface area contributed by atoms with Crippen LogP contribution in [-0.2, 0) is 14.3 Å². The van der Waals surface area contributed by atoms with Crippen molar-refractivity contribution >= 4 is 11.6 Å². The van der Waals surface area contributed by atoms with Crippen LogP contribution in [0.15, 0.2) is 35.1 Å². The molecule has 0 saturated heterocycles. The summed E-state index contributed by atoms with van der Waals surface area (Å²) in [6.45, 7) is 9.42. The van der Waals surface area contributed by atoms with Gasteiger partial charge < -0.3 is 4.74 Å². The number of allylic oxidation sites excluding steroid dienone is 5. The molecule has 0 aromatic heterocycles. The molecule has 3 nitrogen and oxygen atoms in total. The average Bonchev–Trinajstić information content (AvgIpc) is 2.52. The second-order valence-corrected chi connectivity index (χ2v) is 8.93. The Morgan fingerprint density at radius 2 is 1.84 bits per heavy atom. The summed E-state index contributed by atoms with van der Waals surface area (Å²) in [5.41, 5.74) is 2.26. The van der Waals surface area contributed by atoms with E-state index in [9.17, 15) is 9.59 Å². The fraction of sp³-hybridized carbons (Fsp3) is 0.636. The Morgan fingerprint density at radius 3 is 2.52 bits per heavy atom. The molecule has 25 heavy (non-hydrogen) atoms. The zero-order valence-electron chi connectivity index (χ0n) is 16.1. The molecule has 0 bridgehead atoms. The lowest BCUT2D eigenvalue weighted by Crippen LogP contribution is -2.47. The largest absolute Gasteiger partial charge is 0.492 e. The Morgan fingerprint density at radius 1 is 1.12 bits per heavy atom. The van der Waals surface area contributed by atoms with Crippen molar-refractivity contribution in [3.05, 3.63) is 35.1 Å². The van der Waals surface area contributed by atoms with Gasteiger partial charge in [0.1, 0.15) is 0 Å². The second-order valence-electron chi connectivity index (χ2n) is 8.93.